The molecule has 0 aliphatic carbocycles. The monoisotopic (exact) mass is 252 g/mol. The highest BCUT2D eigenvalue weighted by atomic mass is 16.7. The maximum atomic E-state index is 11.3. The number of hydrogen-bond acceptors (Lipinski definition) is 6. The molecule has 2 N–H and O–H groups in total. The molecule has 0 bridgehead atoms. The van der Waals surface area contributed by atoms with Crippen LogP contribution in [0.2, 0.25) is 0 Å². The fourth-order valence-electron chi connectivity index (χ4n) is 1.69. The largest absolute Gasteiger partial charge is 0.365 e. The Morgan fingerprint density at radius 1 is 1.56 bits per heavy atom. The molecule has 8 nitrogen and oxygen atoms in total. The lowest BCUT2D eigenvalue weighted by atomic mass is 10.2. The van der Waals surface area contributed by atoms with Crippen molar-refractivity contribution in [3.05, 3.63) is 27.9 Å². The average molecular weight is 252 g/mol. The van der Waals surface area contributed by atoms with Gasteiger partial charge in [-0.3, -0.25) is 19.7 Å². The summed E-state index contributed by atoms with van der Waals surface area (Å²) in [5.41, 5.74) is 4.92. The summed E-state index contributed by atoms with van der Waals surface area (Å²) in [7, 11) is 0. The number of nitro groups is 1. The number of rotatable bonds is 3. The molecule has 1 saturated heterocycles. The lowest BCUT2D eigenvalue weighted by Crippen LogP contribution is -2.32. The molecule has 96 valence electrons. The Hall–Kier alpha value is -2.22. The van der Waals surface area contributed by atoms with E-state index in [1.54, 1.807) is 0 Å². The van der Waals surface area contributed by atoms with Crippen molar-refractivity contribution in [1.29, 1.82) is 0 Å². The number of nitrogens with two attached hydrogens (primary N) is 1. The zero-order valence-corrected chi connectivity index (χ0v) is 9.54. The lowest BCUT2D eigenvalue weighted by molar-refractivity contribution is -0.385. The quantitative estimate of drug-likeness (QED) is 0.623. The topological polar surface area (TPSA) is 112 Å². The summed E-state index contributed by atoms with van der Waals surface area (Å²) in [4.78, 5) is 30.6. The Kier molecular flexibility index (Phi) is 3.38. The summed E-state index contributed by atoms with van der Waals surface area (Å²) in [6.07, 6.45) is 2.91. The predicted molar refractivity (Wildman–Crippen MR) is 61.9 cm³/mol. The number of anilines is 1. The molecular formula is C10H12N4O4. The number of hydroxylamine groups is 1. The van der Waals surface area contributed by atoms with Gasteiger partial charge in [0.15, 0.2) is 5.82 Å². The van der Waals surface area contributed by atoms with Gasteiger partial charge in [-0.05, 0) is 12.8 Å². The fraction of sp³-hybridized carbons (Fsp3) is 0.400. The molecule has 0 unspecified atom stereocenters. The summed E-state index contributed by atoms with van der Waals surface area (Å²) in [5.74, 6) is -0.539. The van der Waals surface area contributed by atoms with Crippen molar-refractivity contribution < 1.29 is 14.6 Å². The van der Waals surface area contributed by atoms with Gasteiger partial charge in [0.2, 0.25) is 0 Å². The molecule has 1 aromatic heterocycles. The summed E-state index contributed by atoms with van der Waals surface area (Å²) < 4.78 is 0. The van der Waals surface area contributed by atoms with Gasteiger partial charge in [0, 0.05) is 12.6 Å². The first-order chi connectivity index (χ1) is 8.59. The molecule has 18 heavy (non-hydrogen) atoms. The van der Waals surface area contributed by atoms with Crippen molar-refractivity contribution in [3.63, 3.8) is 0 Å². The van der Waals surface area contributed by atoms with Gasteiger partial charge in [0.25, 0.3) is 11.6 Å². The molecule has 0 radical (unpaired) electrons. The molecule has 0 aromatic carbocycles. The lowest BCUT2D eigenvalue weighted by Gasteiger charge is -2.27. The first kappa shape index (κ1) is 12.2. The van der Waals surface area contributed by atoms with Crippen molar-refractivity contribution in [3.8, 4) is 0 Å². The van der Waals surface area contributed by atoms with E-state index >= 15 is 0 Å². The third-order valence-corrected chi connectivity index (χ3v) is 2.57. The normalized spacial score (nSPS) is 15.4. The second-order valence-corrected chi connectivity index (χ2v) is 3.83. The highest BCUT2D eigenvalue weighted by Gasteiger charge is 2.22. The van der Waals surface area contributed by atoms with Crippen LogP contribution in [0.3, 0.4) is 0 Å². The third kappa shape index (κ3) is 2.38. The molecule has 0 spiro atoms. The minimum Gasteiger partial charge on any atom is -0.365 e. The Morgan fingerprint density at radius 3 is 2.89 bits per heavy atom. The number of carbonyl (C=O) groups excluding carboxylic acids is 1. The number of pyridine rings is 1. The summed E-state index contributed by atoms with van der Waals surface area (Å²) >= 11 is 0. The number of primary amides is 1. The van der Waals surface area contributed by atoms with Crippen LogP contribution in [0.4, 0.5) is 11.5 Å². The highest BCUT2D eigenvalue weighted by molar-refractivity contribution is 5.98. The minimum atomic E-state index is -0.768. The maximum Gasteiger partial charge on any atom is 0.288 e. The van der Waals surface area contributed by atoms with Gasteiger partial charge >= 0.3 is 0 Å². The number of hydrogen-bond donors (Lipinski definition) is 1. The van der Waals surface area contributed by atoms with Crippen molar-refractivity contribution in [1.82, 2.24) is 4.98 Å². The van der Waals surface area contributed by atoms with Gasteiger partial charge in [-0.2, -0.15) is 0 Å². The van der Waals surface area contributed by atoms with Gasteiger partial charge in [-0.25, -0.2) is 10.0 Å². The molecule has 2 rings (SSSR count). The van der Waals surface area contributed by atoms with E-state index < -0.39 is 10.8 Å². The molecular weight excluding hydrogens is 240 g/mol. The van der Waals surface area contributed by atoms with Crippen LogP contribution in [0.25, 0.3) is 0 Å². The SMILES string of the molecule is NC(=O)c1cc([N+](=O)[O-])cnc1N1CCCCO1. The van der Waals surface area contributed by atoms with Gasteiger partial charge in [0.1, 0.15) is 6.20 Å². The Balaban J connectivity index is 2.39. The van der Waals surface area contributed by atoms with E-state index in [0.717, 1.165) is 25.1 Å². The van der Waals surface area contributed by atoms with Gasteiger partial charge < -0.3 is 5.73 Å². The first-order valence-electron chi connectivity index (χ1n) is 5.44. The second kappa shape index (κ2) is 4.96. The Bertz CT molecular complexity index is 485. The van der Waals surface area contributed by atoms with Crippen LogP contribution < -0.4 is 10.8 Å². The van der Waals surface area contributed by atoms with Crippen LogP contribution >= 0.6 is 0 Å². The van der Waals surface area contributed by atoms with Gasteiger partial charge in [-0.15, -0.1) is 0 Å². The molecule has 1 aromatic rings. The van der Waals surface area contributed by atoms with Gasteiger partial charge in [0.05, 0.1) is 17.1 Å². The van der Waals surface area contributed by atoms with E-state index in [-0.39, 0.29) is 17.1 Å². The standard InChI is InChI=1S/C10H12N4O4/c11-9(15)8-5-7(14(16)17)6-12-10(8)13-3-1-2-4-18-13/h5-6H,1-4H2,(H2,11,15). The van der Waals surface area contributed by atoms with Crippen LogP contribution in [0.1, 0.15) is 23.2 Å². The van der Waals surface area contributed by atoms with Crippen molar-refractivity contribution >= 4 is 17.4 Å². The first-order valence-corrected chi connectivity index (χ1v) is 5.44. The van der Waals surface area contributed by atoms with Crippen molar-refractivity contribution in [2.75, 3.05) is 18.2 Å². The fourth-order valence-corrected chi connectivity index (χ4v) is 1.69. The molecule has 0 saturated carbocycles. The number of nitrogens with zero attached hydrogens (tertiary/aromatic N) is 3. The summed E-state index contributed by atoms with van der Waals surface area (Å²) in [6, 6.07) is 1.11. The van der Waals surface area contributed by atoms with E-state index in [2.05, 4.69) is 4.98 Å². The smallest absolute Gasteiger partial charge is 0.288 e. The average Bonchev–Trinajstić information content (AvgIpc) is 2.39. The predicted octanol–water partition coefficient (Wildman–Crippen LogP) is 0.620. The molecule has 1 aliphatic rings. The van der Waals surface area contributed by atoms with E-state index in [1.807, 2.05) is 0 Å². The Labute approximate surface area is 102 Å². The molecule has 1 fully saturated rings. The highest BCUT2D eigenvalue weighted by Crippen LogP contribution is 2.24. The van der Waals surface area contributed by atoms with Crippen LogP contribution in [-0.2, 0) is 4.84 Å². The molecule has 1 amide bonds. The molecule has 8 heteroatoms. The minimum absolute atomic E-state index is 0.00824. The van der Waals surface area contributed by atoms with Gasteiger partial charge in [-0.1, -0.05) is 0 Å². The third-order valence-electron chi connectivity index (χ3n) is 2.57. The van der Waals surface area contributed by atoms with E-state index in [1.165, 1.54) is 5.06 Å². The van der Waals surface area contributed by atoms with Crippen molar-refractivity contribution in [2.45, 2.75) is 12.8 Å². The van der Waals surface area contributed by atoms with E-state index in [0.29, 0.717) is 13.2 Å². The molecule has 0 atom stereocenters. The zero-order valence-electron chi connectivity index (χ0n) is 9.54. The van der Waals surface area contributed by atoms with Crippen LogP contribution in [-0.4, -0.2) is 29.0 Å². The van der Waals surface area contributed by atoms with E-state index in [4.69, 9.17) is 10.6 Å². The summed E-state index contributed by atoms with van der Waals surface area (Å²) in [5, 5.41) is 12.1. The van der Waals surface area contributed by atoms with Crippen LogP contribution in [0.5, 0.6) is 0 Å². The molecule has 1 aliphatic heterocycles. The number of carbonyl (C=O) groups is 1. The second-order valence-electron chi connectivity index (χ2n) is 3.83. The number of aromatic nitrogens is 1. The Morgan fingerprint density at radius 2 is 2.33 bits per heavy atom. The summed E-state index contributed by atoms with van der Waals surface area (Å²) in [6.45, 7) is 1.10. The molecule has 2 heterocycles. The zero-order chi connectivity index (χ0) is 13.1. The van der Waals surface area contributed by atoms with Crippen LogP contribution in [0.15, 0.2) is 12.3 Å². The van der Waals surface area contributed by atoms with Crippen molar-refractivity contribution in [2.24, 2.45) is 5.73 Å². The van der Waals surface area contributed by atoms with Crippen LogP contribution in [0, 0.1) is 10.1 Å². The number of amides is 1. The van der Waals surface area contributed by atoms with E-state index in [9.17, 15) is 14.9 Å². The maximum absolute atomic E-state index is 11.3.